The molecule has 1 fully saturated rings. The first-order valence-electron chi connectivity index (χ1n) is 12.9. The zero-order valence-corrected chi connectivity index (χ0v) is 23.2. The summed E-state index contributed by atoms with van der Waals surface area (Å²) in [6.07, 6.45) is 8.09. The van der Waals surface area contributed by atoms with E-state index in [1.165, 1.54) is 38.5 Å². The Hall–Kier alpha value is -2.17. The quantitative estimate of drug-likeness (QED) is 0.326. The number of nitrogens with one attached hydrogen (secondary N) is 1. The molecule has 3 N–H and O–H groups in total. The molecule has 6 nitrogen and oxygen atoms in total. The smallest absolute Gasteiger partial charge is 0.866 e. The van der Waals surface area contributed by atoms with Crippen LogP contribution in [0.4, 0.5) is 0 Å². The monoisotopic (exact) mass is 515 g/mol. The van der Waals surface area contributed by atoms with E-state index in [-0.39, 0.29) is 31.7 Å². The van der Waals surface area contributed by atoms with Gasteiger partial charge in [0.05, 0.1) is 6.04 Å². The number of carbonyl (C=O) groups is 2. The molecule has 2 aromatic rings. The number of nitrogens with zero attached hydrogens (tertiary/aromatic N) is 1. The third-order valence-corrected chi connectivity index (χ3v) is 7.41. The molecule has 1 aliphatic carbocycles. The first-order valence-corrected chi connectivity index (χ1v) is 13.3. The Morgan fingerprint density at radius 2 is 1.84 bits per heavy atom. The summed E-state index contributed by atoms with van der Waals surface area (Å²) < 4.78 is 0. The molecule has 1 aliphatic rings. The van der Waals surface area contributed by atoms with Crippen molar-refractivity contribution in [3.8, 4) is 11.1 Å². The number of benzene rings is 2. The molecule has 1 saturated carbocycles. The number of aryl methyl sites for hydroxylation is 1. The van der Waals surface area contributed by atoms with Crippen LogP contribution in [0.25, 0.3) is 11.1 Å². The first-order chi connectivity index (χ1) is 17.2. The van der Waals surface area contributed by atoms with Gasteiger partial charge in [0, 0.05) is 18.5 Å². The van der Waals surface area contributed by atoms with Crippen molar-refractivity contribution in [2.24, 2.45) is 11.7 Å². The SMILES string of the molecule is Cc1ccccc1-c1cc(CN(C)CCC2CCCCC2)ccc1C(=O)N[C@@H](CCC(N)=O)C([O-])=S.[Li+]. The standard InChI is InChI=1S/C29H39N3O3S.Li/c1-20-8-6-7-11-23(20)25-18-22(19-32(2)17-16-21-9-4-3-5-10-21)12-13-24(25)28(34)31-26(29(35)36)14-15-27(30)33;/h6-8,11-13,18,21,26H,3-5,9-10,14-17,19H2,1-2H3,(H2,30,33)(H,31,34)(H,35,36);/q;+1/p-1/t26-;/m0./s1. The van der Waals surface area contributed by atoms with E-state index in [4.69, 9.17) is 18.0 Å². The maximum absolute atomic E-state index is 13.3. The summed E-state index contributed by atoms with van der Waals surface area (Å²) in [5, 5.41) is 14.0. The van der Waals surface area contributed by atoms with Crippen LogP contribution in [0.5, 0.6) is 0 Å². The predicted molar refractivity (Wildman–Crippen MR) is 146 cm³/mol. The Balaban J connectivity index is 0.00000481. The molecule has 0 unspecified atom stereocenters. The Morgan fingerprint density at radius 1 is 1.14 bits per heavy atom. The number of rotatable bonds is 12. The summed E-state index contributed by atoms with van der Waals surface area (Å²) in [7, 11) is 2.15. The number of primary amides is 1. The van der Waals surface area contributed by atoms with Crippen LogP contribution >= 0.6 is 12.2 Å². The van der Waals surface area contributed by atoms with Crippen LogP contribution in [0.2, 0.25) is 0 Å². The zero-order valence-electron chi connectivity index (χ0n) is 22.4. The molecular weight excluding hydrogens is 477 g/mol. The summed E-state index contributed by atoms with van der Waals surface area (Å²) in [6, 6.07) is 12.9. The van der Waals surface area contributed by atoms with Crippen molar-refractivity contribution in [2.45, 2.75) is 70.9 Å². The molecule has 0 spiro atoms. The van der Waals surface area contributed by atoms with Crippen molar-refractivity contribution in [1.82, 2.24) is 10.2 Å². The molecule has 0 bridgehead atoms. The van der Waals surface area contributed by atoms with Gasteiger partial charge in [-0.25, -0.2) is 0 Å². The van der Waals surface area contributed by atoms with E-state index >= 15 is 0 Å². The van der Waals surface area contributed by atoms with Gasteiger partial charge in [0.1, 0.15) is 0 Å². The van der Waals surface area contributed by atoms with E-state index in [1.54, 1.807) is 0 Å². The van der Waals surface area contributed by atoms with E-state index < -0.39 is 22.9 Å². The van der Waals surface area contributed by atoms with Gasteiger partial charge in [0.2, 0.25) is 5.91 Å². The van der Waals surface area contributed by atoms with E-state index in [0.717, 1.165) is 41.3 Å². The van der Waals surface area contributed by atoms with Crippen molar-refractivity contribution in [2.75, 3.05) is 13.6 Å². The molecule has 194 valence electrons. The van der Waals surface area contributed by atoms with Gasteiger partial charge in [0.25, 0.3) is 5.91 Å². The van der Waals surface area contributed by atoms with Crippen LogP contribution < -0.4 is 35.0 Å². The normalized spacial score (nSPS) is 14.6. The van der Waals surface area contributed by atoms with Crippen LogP contribution in [-0.4, -0.2) is 41.4 Å². The van der Waals surface area contributed by atoms with Gasteiger partial charge < -0.3 is 21.1 Å². The molecule has 2 aromatic carbocycles. The summed E-state index contributed by atoms with van der Waals surface area (Å²) in [6.45, 7) is 3.86. The minimum atomic E-state index is -0.935. The molecule has 1 atom stereocenters. The average Bonchev–Trinajstić information content (AvgIpc) is 2.85. The van der Waals surface area contributed by atoms with Crippen molar-refractivity contribution in [1.29, 1.82) is 0 Å². The summed E-state index contributed by atoms with van der Waals surface area (Å²) in [5.74, 6) is -0.0920. The number of thiocarbonyl (C=S) groups is 1. The molecule has 0 heterocycles. The molecule has 0 radical (unpaired) electrons. The minimum Gasteiger partial charge on any atom is -0.866 e. The Kier molecular flexibility index (Phi) is 12.8. The third kappa shape index (κ3) is 9.57. The Morgan fingerprint density at radius 3 is 2.49 bits per heavy atom. The predicted octanol–water partition coefficient (Wildman–Crippen LogP) is 1.12. The molecule has 8 heteroatoms. The fourth-order valence-electron chi connectivity index (χ4n) is 5.03. The van der Waals surface area contributed by atoms with Crippen LogP contribution in [0, 0.1) is 12.8 Å². The molecule has 0 aromatic heterocycles. The number of nitrogens with two attached hydrogens (primary N) is 1. The molecule has 2 amide bonds. The number of carbonyl (C=O) groups excluding carboxylic acids is 2. The summed E-state index contributed by atoms with van der Waals surface area (Å²) in [5.41, 5.74) is 9.65. The third-order valence-electron chi connectivity index (χ3n) is 7.13. The number of hydrogen-bond acceptors (Lipinski definition) is 5. The topological polar surface area (TPSA) is 98.5 Å². The molecule has 3 rings (SSSR count). The van der Waals surface area contributed by atoms with Crippen molar-refractivity contribution in [3.05, 3.63) is 59.2 Å². The molecule has 0 saturated heterocycles. The fraction of sp³-hybridized carbons (Fsp3) is 0.483. The van der Waals surface area contributed by atoms with Gasteiger partial charge in [-0.05, 0) is 78.7 Å². The maximum atomic E-state index is 13.3. The zero-order chi connectivity index (χ0) is 26.1. The van der Waals surface area contributed by atoms with Gasteiger partial charge in [-0.2, -0.15) is 0 Å². The van der Waals surface area contributed by atoms with E-state index in [9.17, 15) is 14.7 Å². The summed E-state index contributed by atoms with van der Waals surface area (Å²) >= 11 is 4.80. The molecule has 37 heavy (non-hydrogen) atoms. The summed E-state index contributed by atoms with van der Waals surface area (Å²) in [4.78, 5) is 26.8. The van der Waals surface area contributed by atoms with Gasteiger partial charge >= 0.3 is 18.9 Å². The number of hydrogen-bond donors (Lipinski definition) is 2. The Labute approximate surface area is 238 Å². The molecular formula is C29H38LiN3O3S. The van der Waals surface area contributed by atoms with Crippen molar-refractivity contribution in [3.63, 3.8) is 0 Å². The van der Waals surface area contributed by atoms with Crippen molar-refractivity contribution >= 4 is 29.1 Å². The van der Waals surface area contributed by atoms with Crippen molar-refractivity contribution < 1.29 is 33.6 Å². The Bertz CT molecular complexity index is 1070. The van der Waals surface area contributed by atoms with E-state index in [0.29, 0.717) is 5.56 Å². The minimum absolute atomic E-state index is 0. The van der Waals surface area contributed by atoms with Crippen LogP contribution in [-0.2, 0) is 11.3 Å². The van der Waals surface area contributed by atoms with Gasteiger partial charge in [0.15, 0.2) is 0 Å². The second kappa shape index (κ2) is 15.3. The van der Waals surface area contributed by atoms with E-state index in [1.807, 2.05) is 43.3 Å². The fourth-order valence-corrected chi connectivity index (χ4v) is 5.20. The largest absolute Gasteiger partial charge is 1.00 e. The van der Waals surface area contributed by atoms with Crippen LogP contribution in [0.15, 0.2) is 42.5 Å². The van der Waals surface area contributed by atoms with E-state index in [2.05, 4.69) is 23.3 Å². The first kappa shape index (κ1) is 31.0. The van der Waals surface area contributed by atoms with Gasteiger partial charge in [-0.1, -0.05) is 62.4 Å². The van der Waals surface area contributed by atoms with Crippen LogP contribution in [0.3, 0.4) is 0 Å². The van der Waals surface area contributed by atoms with Crippen LogP contribution in [0.1, 0.15) is 72.9 Å². The molecule has 0 aliphatic heterocycles. The second-order valence-corrected chi connectivity index (χ2v) is 10.5. The second-order valence-electron chi connectivity index (χ2n) is 10.1. The van der Waals surface area contributed by atoms with Gasteiger partial charge in [-0.3, -0.25) is 9.59 Å². The van der Waals surface area contributed by atoms with Gasteiger partial charge in [-0.15, -0.1) is 12.2 Å². The average molecular weight is 516 g/mol. The maximum Gasteiger partial charge on any atom is 1.00 e. The number of amides is 2.